The second-order valence-corrected chi connectivity index (χ2v) is 8.11. The summed E-state index contributed by atoms with van der Waals surface area (Å²) in [6, 6.07) is 9.00. The molecule has 1 N–H and O–H groups in total. The van der Waals surface area contributed by atoms with E-state index in [1.807, 2.05) is 11.3 Å². The lowest BCUT2D eigenvalue weighted by Crippen LogP contribution is -2.30. The molecule has 1 aliphatic heterocycles. The number of hydrogen-bond donors (Lipinski definition) is 1. The van der Waals surface area contributed by atoms with Crippen LogP contribution in [0.3, 0.4) is 0 Å². The van der Waals surface area contributed by atoms with Crippen molar-refractivity contribution in [2.75, 3.05) is 40.9 Å². The molecule has 1 aromatic heterocycles. The summed E-state index contributed by atoms with van der Waals surface area (Å²) in [6.07, 6.45) is 2.02. The molecule has 0 aliphatic carbocycles. The molecule has 3 rings (SSSR count). The van der Waals surface area contributed by atoms with Crippen LogP contribution < -0.4 is 14.8 Å². The van der Waals surface area contributed by atoms with Gasteiger partial charge < -0.3 is 19.7 Å². The summed E-state index contributed by atoms with van der Waals surface area (Å²) >= 11 is 1.86. The number of fused-ring (bicyclic) bond motifs is 1. The van der Waals surface area contributed by atoms with E-state index < -0.39 is 0 Å². The minimum atomic E-state index is 0.248. The number of rotatable bonds is 7. The Kier molecular flexibility index (Phi) is 5.99. The molecule has 2 heterocycles. The predicted molar refractivity (Wildman–Crippen MR) is 104 cm³/mol. The van der Waals surface area contributed by atoms with Crippen LogP contribution in [-0.2, 0) is 6.42 Å². The summed E-state index contributed by atoms with van der Waals surface area (Å²) in [5.41, 5.74) is 2.67. The molecule has 1 aromatic carbocycles. The molecule has 0 bridgehead atoms. The smallest absolute Gasteiger partial charge is 0.161 e. The lowest BCUT2D eigenvalue weighted by molar-refractivity contribution is 0.267. The van der Waals surface area contributed by atoms with E-state index in [-0.39, 0.29) is 6.04 Å². The molecule has 0 saturated heterocycles. The third-order valence-corrected chi connectivity index (χ3v) is 5.60. The Balaban J connectivity index is 1.84. The van der Waals surface area contributed by atoms with Gasteiger partial charge in [-0.05, 0) is 69.3 Å². The Hall–Kier alpha value is -1.56. The van der Waals surface area contributed by atoms with Gasteiger partial charge in [0.1, 0.15) is 0 Å². The van der Waals surface area contributed by atoms with Gasteiger partial charge in [-0.25, -0.2) is 0 Å². The first-order chi connectivity index (χ1) is 12.1. The summed E-state index contributed by atoms with van der Waals surface area (Å²) in [6.45, 7) is 4.86. The van der Waals surface area contributed by atoms with Crippen LogP contribution in [0.15, 0.2) is 24.3 Å². The molecule has 2 aromatic rings. The van der Waals surface area contributed by atoms with Gasteiger partial charge >= 0.3 is 0 Å². The minimum absolute atomic E-state index is 0.248. The van der Waals surface area contributed by atoms with Gasteiger partial charge in [-0.15, -0.1) is 11.3 Å². The van der Waals surface area contributed by atoms with Crippen LogP contribution in [0.1, 0.15) is 33.3 Å². The van der Waals surface area contributed by atoms with E-state index in [1.54, 1.807) is 7.11 Å². The molecule has 0 fully saturated rings. The summed E-state index contributed by atoms with van der Waals surface area (Å²) < 4.78 is 11.6. The van der Waals surface area contributed by atoms with Gasteiger partial charge in [0.2, 0.25) is 0 Å². The van der Waals surface area contributed by atoms with Gasteiger partial charge in [-0.3, -0.25) is 0 Å². The topological polar surface area (TPSA) is 33.7 Å². The number of aryl methyl sites for hydroxylation is 1. The summed E-state index contributed by atoms with van der Waals surface area (Å²) in [5, 5.41) is 3.66. The van der Waals surface area contributed by atoms with Crippen LogP contribution in [0.4, 0.5) is 0 Å². The lowest BCUT2D eigenvalue weighted by Gasteiger charge is -2.27. The molecule has 1 unspecified atom stereocenters. The Morgan fingerprint density at radius 2 is 2.08 bits per heavy atom. The van der Waals surface area contributed by atoms with Crippen molar-refractivity contribution in [2.45, 2.75) is 25.8 Å². The van der Waals surface area contributed by atoms with Crippen LogP contribution >= 0.6 is 11.3 Å². The molecule has 0 saturated carbocycles. The van der Waals surface area contributed by atoms with Gasteiger partial charge in [0.15, 0.2) is 11.5 Å². The average Bonchev–Trinajstić information content (AvgIpc) is 3.03. The van der Waals surface area contributed by atoms with E-state index in [2.05, 4.69) is 55.5 Å². The van der Waals surface area contributed by atoms with Gasteiger partial charge in [-0.2, -0.15) is 0 Å². The zero-order valence-electron chi connectivity index (χ0n) is 15.6. The van der Waals surface area contributed by atoms with E-state index in [1.165, 1.54) is 20.9 Å². The molecule has 0 radical (unpaired) electrons. The Labute approximate surface area is 154 Å². The van der Waals surface area contributed by atoms with Gasteiger partial charge in [0.05, 0.1) is 19.8 Å². The Morgan fingerprint density at radius 1 is 1.24 bits per heavy atom. The van der Waals surface area contributed by atoms with Crippen molar-refractivity contribution < 1.29 is 9.47 Å². The van der Waals surface area contributed by atoms with E-state index in [0.717, 1.165) is 37.4 Å². The number of thiophene rings is 1. The molecular weight excluding hydrogens is 332 g/mol. The molecular formula is C20H28N2O2S. The van der Waals surface area contributed by atoms with Gasteiger partial charge in [0.25, 0.3) is 0 Å². The largest absolute Gasteiger partial charge is 0.493 e. The summed E-state index contributed by atoms with van der Waals surface area (Å²) in [7, 11) is 5.88. The number of methoxy groups -OCH3 is 1. The predicted octanol–water partition coefficient (Wildman–Crippen LogP) is 3.63. The zero-order valence-corrected chi connectivity index (χ0v) is 16.4. The van der Waals surface area contributed by atoms with E-state index in [0.29, 0.717) is 6.61 Å². The maximum atomic E-state index is 6.06. The molecule has 4 nitrogen and oxygen atoms in total. The Morgan fingerprint density at radius 3 is 2.76 bits per heavy atom. The van der Waals surface area contributed by atoms with Crippen molar-refractivity contribution in [3.8, 4) is 11.5 Å². The van der Waals surface area contributed by atoms with Crippen molar-refractivity contribution in [3.63, 3.8) is 0 Å². The first kappa shape index (κ1) is 18.2. The number of nitrogens with zero attached hydrogens (tertiary/aromatic N) is 1. The normalized spacial score (nSPS) is 16.8. The highest BCUT2D eigenvalue weighted by molar-refractivity contribution is 7.12. The van der Waals surface area contributed by atoms with Crippen molar-refractivity contribution >= 4 is 11.3 Å². The van der Waals surface area contributed by atoms with Crippen LogP contribution in [-0.4, -0.2) is 45.8 Å². The summed E-state index contributed by atoms with van der Waals surface area (Å²) in [5.74, 6) is 1.69. The van der Waals surface area contributed by atoms with Crippen molar-refractivity contribution in [3.05, 3.63) is 45.1 Å². The number of hydrogen-bond acceptors (Lipinski definition) is 5. The third kappa shape index (κ3) is 4.35. The van der Waals surface area contributed by atoms with Crippen LogP contribution in [0.25, 0.3) is 0 Å². The quantitative estimate of drug-likeness (QED) is 0.765. The summed E-state index contributed by atoms with van der Waals surface area (Å²) in [4.78, 5) is 4.88. The van der Waals surface area contributed by atoms with Crippen molar-refractivity contribution in [2.24, 2.45) is 0 Å². The van der Waals surface area contributed by atoms with Gasteiger partial charge in [0, 0.05) is 22.8 Å². The highest BCUT2D eigenvalue weighted by Gasteiger charge is 2.25. The average molecular weight is 361 g/mol. The molecule has 136 valence electrons. The molecule has 25 heavy (non-hydrogen) atoms. The molecule has 5 heteroatoms. The second-order valence-electron chi connectivity index (χ2n) is 6.79. The standard InChI is InChI=1S/C20H28N2O2S/c1-14-6-7-19(25-14)20-16-13-18(24-11-5-10-22(2)3)17(23-4)12-15(16)8-9-21-20/h6-7,12-13,20-21H,5,8-11H2,1-4H3. The molecule has 1 aliphatic rings. The van der Waals surface area contributed by atoms with E-state index in [9.17, 15) is 0 Å². The zero-order chi connectivity index (χ0) is 17.8. The molecule has 0 spiro atoms. The van der Waals surface area contributed by atoms with Crippen LogP contribution in [0, 0.1) is 6.92 Å². The maximum absolute atomic E-state index is 6.06. The minimum Gasteiger partial charge on any atom is -0.493 e. The second kappa shape index (κ2) is 8.21. The third-order valence-electron chi connectivity index (χ3n) is 4.53. The van der Waals surface area contributed by atoms with E-state index in [4.69, 9.17) is 9.47 Å². The van der Waals surface area contributed by atoms with Crippen molar-refractivity contribution in [1.29, 1.82) is 0 Å². The molecule has 0 amide bonds. The molecule has 1 atom stereocenters. The van der Waals surface area contributed by atoms with Gasteiger partial charge in [-0.1, -0.05) is 0 Å². The first-order valence-electron chi connectivity index (χ1n) is 8.86. The SMILES string of the molecule is COc1cc2c(cc1OCCCN(C)C)C(c1ccc(C)s1)NCC2. The number of nitrogens with one attached hydrogen (secondary N) is 1. The lowest BCUT2D eigenvalue weighted by atomic mass is 9.92. The van der Waals surface area contributed by atoms with Crippen molar-refractivity contribution in [1.82, 2.24) is 10.2 Å². The van der Waals surface area contributed by atoms with E-state index >= 15 is 0 Å². The fourth-order valence-electron chi connectivity index (χ4n) is 3.26. The fraction of sp³-hybridized carbons (Fsp3) is 0.500. The highest BCUT2D eigenvalue weighted by atomic mass is 32.1. The number of ether oxygens (including phenoxy) is 2. The number of benzene rings is 1. The fourth-order valence-corrected chi connectivity index (χ4v) is 4.23. The maximum Gasteiger partial charge on any atom is 0.161 e. The monoisotopic (exact) mass is 360 g/mol. The Bertz CT molecular complexity index is 712. The first-order valence-corrected chi connectivity index (χ1v) is 9.68. The van der Waals surface area contributed by atoms with Crippen LogP contribution in [0.2, 0.25) is 0 Å². The highest BCUT2D eigenvalue weighted by Crippen LogP contribution is 2.39. The van der Waals surface area contributed by atoms with Crippen LogP contribution in [0.5, 0.6) is 11.5 Å².